The van der Waals surface area contributed by atoms with Gasteiger partial charge in [-0.25, -0.2) is 8.78 Å². The highest BCUT2D eigenvalue weighted by molar-refractivity contribution is 5.97. The van der Waals surface area contributed by atoms with Crippen molar-refractivity contribution in [2.75, 3.05) is 39.8 Å². The number of hydrogen-bond donors (Lipinski definition) is 2. The average Bonchev–Trinajstić information content (AvgIpc) is 2.56. The molecule has 0 spiro atoms. The lowest BCUT2D eigenvalue weighted by Crippen LogP contribution is -2.49. The molecule has 0 aliphatic carbocycles. The Balaban J connectivity index is 2.12. The van der Waals surface area contributed by atoms with Crippen LogP contribution in [0, 0.1) is 17.5 Å². The highest BCUT2D eigenvalue weighted by atomic mass is 19.2. The van der Waals surface area contributed by atoms with Gasteiger partial charge in [0.25, 0.3) is 5.91 Å². The van der Waals surface area contributed by atoms with Gasteiger partial charge in [0.05, 0.1) is 12.1 Å². The molecular formula is C14H16F3N3O3. The molecule has 23 heavy (non-hydrogen) atoms. The van der Waals surface area contributed by atoms with E-state index in [9.17, 15) is 22.8 Å². The minimum atomic E-state index is -1.77. The van der Waals surface area contributed by atoms with E-state index in [0.29, 0.717) is 32.2 Å². The SMILES string of the molecule is CN(CC(=O)N1CCNCC1)C(=O)c1cc(F)c(F)c(O)c1F. The number of amides is 2. The molecular weight excluding hydrogens is 315 g/mol. The number of hydrogen-bond acceptors (Lipinski definition) is 4. The number of nitrogens with one attached hydrogen (secondary N) is 1. The molecule has 2 rings (SSSR count). The van der Waals surface area contributed by atoms with Crippen molar-refractivity contribution in [3.05, 3.63) is 29.1 Å². The predicted octanol–water partition coefficient (Wildman–Crippen LogP) is 0.313. The Hall–Kier alpha value is -2.29. The summed E-state index contributed by atoms with van der Waals surface area (Å²) in [6.07, 6.45) is 0. The second-order valence-electron chi connectivity index (χ2n) is 5.17. The Labute approximate surface area is 130 Å². The molecule has 1 aromatic rings. The summed E-state index contributed by atoms with van der Waals surface area (Å²) in [7, 11) is 1.24. The summed E-state index contributed by atoms with van der Waals surface area (Å²) < 4.78 is 40.0. The van der Waals surface area contributed by atoms with Crippen molar-refractivity contribution in [2.45, 2.75) is 0 Å². The van der Waals surface area contributed by atoms with E-state index in [4.69, 9.17) is 5.11 Å². The van der Waals surface area contributed by atoms with E-state index in [1.807, 2.05) is 0 Å². The van der Waals surface area contributed by atoms with E-state index >= 15 is 0 Å². The fourth-order valence-electron chi connectivity index (χ4n) is 2.24. The van der Waals surface area contributed by atoms with Crippen molar-refractivity contribution in [1.29, 1.82) is 0 Å². The summed E-state index contributed by atoms with van der Waals surface area (Å²) in [5.74, 6) is -7.80. The summed E-state index contributed by atoms with van der Waals surface area (Å²) in [4.78, 5) is 26.6. The molecule has 126 valence electrons. The molecule has 0 saturated carbocycles. The molecule has 1 heterocycles. The van der Waals surface area contributed by atoms with Crippen molar-refractivity contribution >= 4 is 11.8 Å². The number of phenols is 1. The molecule has 0 unspecified atom stereocenters. The van der Waals surface area contributed by atoms with E-state index in [1.54, 1.807) is 4.90 Å². The third-order valence-electron chi connectivity index (χ3n) is 3.55. The standard InChI is InChI=1S/C14H16F3N3O3/c1-19(7-10(21)20-4-2-18-3-5-20)14(23)8-6-9(15)12(17)13(22)11(8)16/h6,18,22H,2-5,7H2,1H3. The van der Waals surface area contributed by atoms with E-state index in [-0.39, 0.29) is 12.5 Å². The number of nitrogens with zero attached hydrogens (tertiary/aromatic N) is 2. The minimum absolute atomic E-state index is 0.335. The van der Waals surface area contributed by atoms with Crippen LogP contribution in [-0.2, 0) is 4.79 Å². The Morgan fingerprint density at radius 1 is 1.26 bits per heavy atom. The van der Waals surface area contributed by atoms with Gasteiger partial charge in [-0.3, -0.25) is 9.59 Å². The topological polar surface area (TPSA) is 72.9 Å². The maximum atomic E-state index is 13.7. The van der Waals surface area contributed by atoms with Gasteiger partial charge in [0.2, 0.25) is 11.7 Å². The zero-order valence-electron chi connectivity index (χ0n) is 12.4. The average molecular weight is 331 g/mol. The van der Waals surface area contributed by atoms with E-state index in [0.717, 1.165) is 4.90 Å². The number of rotatable bonds is 3. The maximum Gasteiger partial charge on any atom is 0.257 e. The maximum absolute atomic E-state index is 13.7. The van der Waals surface area contributed by atoms with Crippen molar-refractivity contribution in [3.8, 4) is 5.75 Å². The lowest BCUT2D eigenvalue weighted by Gasteiger charge is -2.29. The summed E-state index contributed by atoms with van der Waals surface area (Å²) in [6, 6.07) is 0.360. The minimum Gasteiger partial charge on any atom is -0.503 e. The number of aromatic hydroxyl groups is 1. The molecule has 2 amide bonds. The number of piperazine rings is 1. The predicted molar refractivity (Wildman–Crippen MR) is 74.4 cm³/mol. The quantitative estimate of drug-likeness (QED) is 0.782. The van der Waals surface area contributed by atoms with Crippen LogP contribution in [0.15, 0.2) is 6.07 Å². The van der Waals surface area contributed by atoms with E-state index in [2.05, 4.69) is 5.32 Å². The Morgan fingerprint density at radius 2 is 1.87 bits per heavy atom. The van der Waals surface area contributed by atoms with Crippen molar-refractivity contribution < 1.29 is 27.9 Å². The normalized spacial score (nSPS) is 14.7. The van der Waals surface area contributed by atoms with E-state index in [1.165, 1.54) is 7.05 Å². The molecule has 0 bridgehead atoms. The van der Waals surface area contributed by atoms with Gasteiger partial charge >= 0.3 is 0 Å². The molecule has 6 nitrogen and oxygen atoms in total. The van der Waals surface area contributed by atoms with Gasteiger partial charge in [0.15, 0.2) is 17.4 Å². The largest absolute Gasteiger partial charge is 0.503 e. The van der Waals surface area contributed by atoms with Crippen molar-refractivity contribution in [1.82, 2.24) is 15.1 Å². The van der Waals surface area contributed by atoms with Gasteiger partial charge < -0.3 is 20.2 Å². The Kier molecular flexibility index (Phi) is 5.09. The number of phenolic OH excluding ortho intramolecular Hbond substituents is 1. The van der Waals surface area contributed by atoms with Gasteiger partial charge in [0.1, 0.15) is 0 Å². The van der Waals surface area contributed by atoms with E-state index < -0.39 is 34.7 Å². The van der Waals surface area contributed by atoms with Crippen LogP contribution in [0.2, 0.25) is 0 Å². The van der Waals surface area contributed by atoms with Gasteiger partial charge in [-0.1, -0.05) is 0 Å². The van der Waals surface area contributed by atoms with Crippen molar-refractivity contribution in [2.24, 2.45) is 0 Å². The lowest BCUT2D eigenvalue weighted by molar-refractivity contribution is -0.132. The molecule has 2 N–H and O–H groups in total. The molecule has 0 aromatic heterocycles. The second-order valence-corrected chi connectivity index (χ2v) is 5.17. The third-order valence-corrected chi connectivity index (χ3v) is 3.55. The molecule has 1 aromatic carbocycles. The number of halogens is 3. The summed E-state index contributed by atoms with van der Waals surface area (Å²) in [5.41, 5.74) is -0.836. The van der Waals surface area contributed by atoms with Gasteiger partial charge in [-0.2, -0.15) is 4.39 Å². The molecule has 1 saturated heterocycles. The molecule has 0 radical (unpaired) electrons. The Morgan fingerprint density at radius 3 is 2.48 bits per heavy atom. The molecule has 9 heteroatoms. The first kappa shape index (κ1) is 17.1. The molecule has 1 aliphatic rings. The van der Waals surface area contributed by atoms with Crippen LogP contribution in [0.3, 0.4) is 0 Å². The fraction of sp³-hybridized carbons (Fsp3) is 0.429. The summed E-state index contributed by atoms with van der Waals surface area (Å²) in [5, 5.41) is 12.2. The van der Waals surface area contributed by atoms with Crippen LogP contribution in [-0.4, -0.2) is 66.5 Å². The van der Waals surface area contributed by atoms with Crippen LogP contribution >= 0.6 is 0 Å². The second kappa shape index (κ2) is 6.86. The fourth-order valence-corrected chi connectivity index (χ4v) is 2.24. The van der Waals surface area contributed by atoms with Crippen LogP contribution in [0.25, 0.3) is 0 Å². The highest BCUT2D eigenvalue weighted by Crippen LogP contribution is 2.26. The van der Waals surface area contributed by atoms with Crippen LogP contribution in [0.1, 0.15) is 10.4 Å². The first-order valence-electron chi connectivity index (χ1n) is 6.93. The summed E-state index contributed by atoms with van der Waals surface area (Å²) in [6.45, 7) is 1.91. The van der Waals surface area contributed by atoms with Crippen LogP contribution in [0.5, 0.6) is 5.75 Å². The van der Waals surface area contributed by atoms with Crippen LogP contribution < -0.4 is 5.32 Å². The third kappa shape index (κ3) is 3.55. The van der Waals surface area contributed by atoms with Crippen LogP contribution in [0.4, 0.5) is 13.2 Å². The van der Waals surface area contributed by atoms with Crippen molar-refractivity contribution in [3.63, 3.8) is 0 Å². The van der Waals surface area contributed by atoms with Gasteiger partial charge in [-0.15, -0.1) is 0 Å². The first-order chi connectivity index (χ1) is 10.8. The monoisotopic (exact) mass is 331 g/mol. The smallest absolute Gasteiger partial charge is 0.257 e. The molecule has 1 fully saturated rings. The summed E-state index contributed by atoms with van der Waals surface area (Å²) >= 11 is 0. The number of carbonyl (C=O) groups excluding carboxylic acids is 2. The number of carbonyl (C=O) groups is 2. The van der Waals surface area contributed by atoms with Gasteiger partial charge in [0, 0.05) is 33.2 Å². The first-order valence-corrected chi connectivity index (χ1v) is 6.93. The number of likely N-dealkylation sites (N-methyl/N-ethyl adjacent to an activating group) is 1. The van der Waals surface area contributed by atoms with Gasteiger partial charge in [-0.05, 0) is 6.07 Å². The Bertz CT molecular complexity index is 633. The molecule has 1 aliphatic heterocycles. The zero-order valence-corrected chi connectivity index (χ0v) is 12.4. The number of benzene rings is 1. The zero-order chi connectivity index (χ0) is 17.1. The molecule has 0 atom stereocenters. The highest BCUT2D eigenvalue weighted by Gasteiger charge is 2.26. The lowest BCUT2D eigenvalue weighted by atomic mass is 10.1.